The van der Waals surface area contributed by atoms with Gasteiger partial charge in [-0.05, 0) is 38.1 Å². The molecule has 0 aliphatic carbocycles. The van der Waals surface area contributed by atoms with Crippen molar-refractivity contribution in [2.75, 3.05) is 0 Å². The lowest BCUT2D eigenvalue weighted by Gasteiger charge is -2.16. The molecule has 0 spiro atoms. The van der Waals surface area contributed by atoms with Gasteiger partial charge in [-0.25, -0.2) is 4.57 Å². The Morgan fingerprint density at radius 1 is 0.850 bits per heavy atom. The molecule has 0 saturated heterocycles. The van der Waals surface area contributed by atoms with Gasteiger partial charge in [0.05, 0.1) is 0 Å². The molecule has 3 nitrogen and oxygen atoms in total. The average molecular weight is 288 g/mol. The fourth-order valence-corrected chi connectivity index (χ4v) is 2.60. The zero-order valence-corrected chi connectivity index (χ0v) is 12.5. The average Bonchev–Trinajstić information content (AvgIpc) is 2.44. The van der Waals surface area contributed by atoms with Gasteiger partial charge in [0, 0.05) is 5.82 Å². The highest BCUT2D eigenvalue weighted by Gasteiger charge is 2.23. The predicted octanol–water partition coefficient (Wildman–Crippen LogP) is 5.10. The molecule has 0 atom stereocenters. The van der Waals surface area contributed by atoms with E-state index >= 15 is 0 Å². The second-order valence-electron chi connectivity index (χ2n) is 4.53. The number of rotatable bonds is 5. The van der Waals surface area contributed by atoms with Crippen molar-refractivity contribution < 1.29 is 13.6 Å². The van der Waals surface area contributed by atoms with Crippen LogP contribution in [0.15, 0.2) is 60.9 Å². The van der Waals surface area contributed by atoms with Crippen molar-refractivity contribution in [1.82, 2.24) is 0 Å². The maximum Gasteiger partial charge on any atom is 0.455 e. The molecule has 0 heterocycles. The van der Waals surface area contributed by atoms with Gasteiger partial charge in [-0.15, -0.1) is 0 Å². The second kappa shape index (κ2) is 5.98. The highest BCUT2D eigenvalue weighted by Crippen LogP contribution is 2.49. The number of aryl methyl sites for hydroxylation is 2. The van der Waals surface area contributed by atoms with E-state index in [4.69, 9.17) is 9.05 Å². The molecule has 0 radical (unpaired) electrons. The Balaban J connectivity index is 2.16. The normalized spacial score (nSPS) is 10.9. The topological polar surface area (TPSA) is 35.5 Å². The molecule has 0 aliphatic rings. The van der Waals surface area contributed by atoms with Crippen LogP contribution in [0, 0.1) is 13.8 Å². The van der Waals surface area contributed by atoms with Crippen LogP contribution in [0.25, 0.3) is 0 Å². The lowest BCUT2D eigenvalue weighted by molar-refractivity contribution is 0.398. The molecule has 0 saturated carbocycles. The molecule has 2 rings (SSSR count). The van der Waals surface area contributed by atoms with Crippen molar-refractivity contribution in [3.8, 4) is 11.5 Å². The monoisotopic (exact) mass is 288 g/mol. The maximum absolute atomic E-state index is 12.5. The molecule has 0 unspecified atom stereocenters. The van der Waals surface area contributed by atoms with Crippen LogP contribution >= 0.6 is 7.60 Å². The first-order valence-electron chi connectivity index (χ1n) is 6.27. The summed E-state index contributed by atoms with van der Waals surface area (Å²) >= 11 is 0. The van der Waals surface area contributed by atoms with E-state index in [0.717, 1.165) is 11.1 Å². The Bertz CT molecular complexity index is 578. The smallest absolute Gasteiger partial charge is 0.413 e. The molecular formula is C16H17O3P. The third-order valence-electron chi connectivity index (χ3n) is 2.73. The van der Waals surface area contributed by atoms with Crippen molar-refractivity contribution >= 4 is 7.60 Å². The minimum Gasteiger partial charge on any atom is -0.413 e. The van der Waals surface area contributed by atoms with Crippen LogP contribution in [-0.2, 0) is 4.57 Å². The standard InChI is InChI=1S/C16H17O3P/c1-4-20(17,18-15-9-5-13(2)6-10-15)19-16-11-7-14(3)8-12-16/h4-12H,1H2,2-3H3. The molecule has 0 bridgehead atoms. The largest absolute Gasteiger partial charge is 0.455 e. The minimum atomic E-state index is -3.41. The van der Waals surface area contributed by atoms with Gasteiger partial charge >= 0.3 is 7.60 Å². The van der Waals surface area contributed by atoms with Gasteiger partial charge in [-0.1, -0.05) is 42.0 Å². The van der Waals surface area contributed by atoms with Crippen LogP contribution in [0.5, 0.6) is 11.5 Å². The molecule has 0 fully saturated rings. The number of hydrogen-bond acceptors (Lipinski definition) is 3. The molecule has 2 aromatic carbocycles. The van der Waals surface area contributed by atoms with Gasteiger partial charge < -0.3 is 9.05 Å². The Morgan fingerprint density at radius 2 is 1.20 bits per heavy atom. The first-order valence-corrected chi connectivity index (χ1v) is 7.88. The summed E-state index contributed by atoms with van der Waals surface area (Å²) in [7, 11) is -3.41. The van der Waals surface area contributed by atoms with Gasteiger partial charge in [-0.3, -0.25) is 0 Å². The molecule has 2 aromatic rings. The summed E-state index contributed by atoms with van der Waals surface area (Å²) in [5, 5.41) is 0. The van der Waals surface area contributed by atoms with Crippen molar-refractivity contribution in [2.24, 2.45) is 0 Å². The third kappa shape index (κ3) is 3.75. The highest BCUT2D eigenvalue weighted by molar-refractivity contribution is 7.58. The van der Waals surface area contributed by atoms with Crippen LogP contribution < -0.4 is 9.05 Å². The van der Waals surface area contributed by atoms with Crippen LogP contribution in [-0.4, -0.2) is 0 Å². The van der Waals surface area contributed by atoms with E-state index in [-0.39, 0.29) is 0 Å². The Kier molecular flexibility index (Phi) is 4.31. The first-order chi connectivity index (χ1) is 9.50. The second-order valence-corrected chi connectivity index (χ2v) is 6.34. The molecule has 0 aromatic heterocycles. The van der Waals surface area contributed by atoms with Gasteiger partial charge in [0.2, 0.25) is 0 Å². The van der Waals surface area contributed by atoms with Gasteiger partial charge in [0.15, 0.2) is 0 Å². The van der Waals surface area contributed by atoms with Crippen LogP contribution in [0.4, 0.5) is 0 Å². The van der Waals surface area contributed by atoms with Crippen LogP contribution in [0.2, 0.25) is 0 Å². The fraction of sp³-hybridized carbons (Fsp3) is 0.125. The molecule has 104 valence electrons. The molecule has 0 amide bonds. The Hall–Kier alpha value is -1.99. The number of benzene rings is 2. The summed E-state index contributed by atoms with van der Waals surface area (Å²) in [6.45, 7) is 7.49. The lowest BCUT2D eigenvalue weighted by Crippen LogP contribution is -1.98. The maximum atomic E-state index is 12.5. The van der Waals surface area contributed by atoms with Crippen molar-refractivity contribution in [3.05, 3.63) is 72.1 Å². The van der Waals surface area contributed by atoms with E-state index in [0.29, 0.717) is 11.5 Å². The molecule has 0 N–H and O–H groups in total. The lowest BCUT2D eigenvalue weighted by atomic mass is 10.2. The van der Waals surface area contributed by atoms with Crippen molar-refractivity contribution in [3.63, 3.8) is 0 Å². The molecule has 0 aliphatic heterocycles. The van der Waals surface area contributed by atoms with Gasteiger partial charge in [-0.2, -0.15) is 0 Å². The summed E-state index contributed by atoms with van der Waals surface area (Å²) in [6, 6.07) is 14.6. The summed E-state index contributed by atoms with van der Waals surface area (Å²) in [5.41, 5.74) is 2.20. The SMILES string of the molecule is C=CP(=O)(Oc1ccc(C)cc1)Oc1ccc(C)cc1. The van der Waals surface area contributed by atoms with E-state index in [9.17, 15) is 4.57 Å². The predicted molar refractivity (Wildman–Crippen MR) is 81.4 cm³/mol. The Morgan fingerprint density at radius 3 is 1.50 bits per heavy atom. The van der Waals surface area contributed by atoms with E-state index in [1.165, 1.54) is 5.82 Å². The first kappa shape index (κ1) is 14.4. The van der Waals surface area contributed by atoms with Gasteiger partial charge in [0.25, 0.3) is 0 Å². The summed E-state index contributed by atoms with van der Waals surface area (Å²) in [6.07, 6.45) is 0. The van der Waals surface area contributed by atoms with Gasteiger partial charge in [0.1, 0.15) is 11.5 Å². The van der Waals surface area contributed by atoms with Crippen LogP contribution in [0.1, 0.15) is 11.1 Å². The minimum absolute atomic E-state index is 0.492. The van der Waals surface area contributed by atoms with E-state index in [1.807, 2.05) is 38.1 Å². The van der Waals surface area contributed by atoms with E-state index in [1.54, 1.807) is 24.3 Å². The van der Waals surface area contributed by atoms with E-state index < -0.39 is 7.60 Å². The molecular weight excluding hydrogens is 271 g/mol. The molecule has 4 heteroatoms. The van der Waals surface area contributed by atoms with Crippen molar-refractivity contribution in [1.29, 1.82) is 0 Å². The third-order valence-corrected chi connectivity index (χ3v) is 4.11. The zero-order valence-electron chi connectivity index (χ0n) is 11.6. The summed E-state index contributed by atoms with van der Waals surface area (Å²) < 4.78 is 23.4. The van der Waals surface area contributed by atoms with Crippen LogP contribution in [0.3, 0.4) is 0 Å². The van der Waals surface area contributed by atoms with E-state index in [2.05, 4.69) is 6.58 Å². The van der Waals surface area contributed by atoms with Crippen molar-refractivity contribution in [2.45, 2.75) is 13.8 Å². The Labute approximate surface area is 119 Å². The number of hydrogen-bond donors (Lipinski definition) is 0. The summed E-state index contributed by atoms with van der Waals surface area (Å²) in [5.74, 6) is 2.20. The zero-order chi connectivity index (χ0) is 14.6. The fourth-order valence-electron chi connectivity index (χ4n) is 1.59. The summed E-state index contributed by atoms with van der Waals surface area (Å²) in [4.78, 5) is 0. The highest BCUT2D eigenvalue weighted by atomic mass is 31.2. The molecule has 20 heavy (non-hydrogen) atoms. The quantitative estimate of drug-likeness (QED) is 0.718.